The molecule has 0 aromatic heterocycles. The second-order valence-electron chi connectivity index (χ2n) is 9.53. The maximum atomic E-state index is 10.4. The number of nitriles is 1. The van der Waals surface area contributed by atoms with Gasteiger partial charge in [0.1, 0.15) is 17.2 Å². The van der Waals surface area contributed by atoms with Crippen LogP contribution in [-0.4, -0.2) is 38.5 Å². The first-order chi connectivity index (χ1) is 16.8. The van der Waals surface area contributed by atoms with Gasteiger partial charge in [0.25, 0.3) is 0 Å². The summed E-state index contributed by atoms with van der Waals surface area (Å²) in [6.45, 7) is 13.3. The third kappa shape index (κ3) is 6.28. The normalized spacial score (nSPS) is 15.6. The topological polar surface area (TPSA) is 64.0 Å². The average molecular weight is 481 g/mol. The van der Waals surface area contributed by atoms with Crippen LogP contribution in [0.2, 0.25) is 0 Å². The van der Waals surface area contributed by atoms with Crippen molar-refractivity contribution in [2.75, 3.05) is 33.6 Å². The first-order valence-corrected chi connectivity index (χ1v) is 12.7. The van der Waals surface area contributed by atoms with E-state index in [1.165, 1.54) is 5.56 Å². The van der Waals surface area contributed by atoms with Crippen LogP contribution in [0.4, 0.5) is 0 Å². The number of fused-ring (bicyclic) bond motifs is 1. The molecule has 2 atom stereocenters. The summed E-state index contributed by atoms with van der Waals surface area (Å²) in [5.74, 6) is 2.55. The molecule has 0 aliphatic carbocycles. The SMILES string of the molecule is CCOc1cc(OCC)cc(C(C#N)(CCCN(C)C(C)c2ccc3c(c2)COCO3)C(C)C)c1. The molecule has 1 heterocycles. The minimum atomic E-state index is -0.621. The Morgan fingerprint density at radius 1 is 1.06 bits per heavy atom. The van der Waals surface area contributed by atoms with Crippen LogP contribution in [0, 0.1) is 17.2 Å². The van der Waals surface area contributed by atoms with Gasteiger partial charge in [-0.1, -0.05) is 19.9 Å². The van der Waals surface area contributed by atoms with Crippen molar-refractivity contribution in [2.24, 2.45) is 5.92 Å². The molecule has 2 aromatic carbocycles. The van der Waals surface area contributed by atoms with Gasteiger partial charge in [0.2, 0.25) is 0 Å². The Morgan fingerprint density at radius 3 is 2.34 bits per heavy atom. The van der Waals surface area contributed by atoms with Crippen LogP contribution in [0.1, 0.15) is 70.2 Å². The van der Waals surface area contributed by atoms with Gasteiger partial charge in [0.15, 0.2) is 6.79 Å². The molecular weight excluding hydrogens is 440 g/mol. The predicted molar refractivity (Wildman–Crippen MR) is 138 cm³/mol. The molecule has 1 aliphatic heterocycles. The summed E-state index contributed by atoms with van der Waals surface area (Å²) in [6, 6.07) is 15.2. The zero-order valence-electron chi connectivity index (χ0n) is 22.1. The van der Waals surface area contributed by atoms with E-state index in [9.17, 15) is 5.26 Å². The van der Waals surface area contributed by atoms with Gasteiger partial charge in [0.05, 0.1) is 31.3 Å². The van der Waals surface area contributed by atoms with Gasteiger partial charge in [0, 0.05) is 17.7 Å². The standard InChI is InChI=1S/C29H40N2O4/c1-7-33-26-15-25(16-27(17-26)34-8-2)29(19-30,21(3)4)12-9-13-31(6)22(5)23-10-11-28-24(14-23)18-32-20-35-28/h10-11,14-17,21-22H,7-9,12-13,18,20H2,1-6H3. The molecular formula is C29H40N2O4. The Bertz CT molecular complexity index is 992. The maximum absolute atomic E-state index is 10.4. The zero-order valence-corrected chi connectivity index (χ0v) is 22.1. The minimum Gasteiger partial charge on any atom is -0.494 e. The molecule has 2 aromatic rings. The molecule has 0 bridgehead atoms. The maximum Gasteiger partial charge on any atom is 0.189 e. The fraction of sp³-hybridized carbons (Fsp3) is 0.552. The van der Waals surface area contributed by atoms with Gasteiger partial charge in [-0.05, 0) is 88.5 Å². The third-order valence-electron chi connectivity index (χ3n) is 7.07. The Labute approximate surface area is 210 Å². The van der Waals surface area contributed by atoms with E-state index in [4.69, 9.17) is 18.9 Å². The van der Waals surface area contributed by atoms with Crippen LogP contribution in [0.25, 0.3) is 0 Å². The predicted octanol–water partition coefficient (Wildman–Crippen LogP) is 6.24. The van der Waals surface area contributed by atoms with Crippen molar-refractivity contribution >= 4 is 0 Å². The van der Waals surface area contributed by atoms with Crippen LogP contribution in [0.5, 0.6) is 17.2 Å². The van der Waals surface area contributed by atoms with Crippen molar-refractivity contribution in [2.45, 2.75) is 65.5 Å². The number of nitrogens with zero attached hydrogens (tertiary/aromatic N) is 2. The van der Waals surface area contributed by atoms with Crippen molar-refractivity contribution in [3.63, 3.8) is 0 Å². The summed E-state index contributed by atoms with van der Waals surface area (Å²) >= 11 is 0. The van der Waals surface area contributed by atoms with Crippen molar-refractivity contribution < 1.29 is 18.9 Å². The average Bonchev–Trinajstić information content (AvgIpc) is 2.86. The van der Waals surface area contributed by atoms with Gasteiger partial charge in [-0.2, -0.15) is 5.26 Å². The molecule has 3 rings (SSSR count). The van der Waals surface area contributed by atoms with Crippen LogP contribution >= 0.6 is 0 Å². The van der Waals surface area contributed by atoms with Gasteiger partial charge in [-0.3, -0.25) is 4.90 Å². The van der Waals surface area contributed by atoms with Crippen LogP contribution in [0.15, 0.2) is 36.4 Å². The Kier molecular flexibility index (Phi) is 9.42. The lowest BCUT2D eigenvalue weighted by molar-refractivity contribution is -0.0164. The van der Waals surface area contributed by atoms with Gasteiger partial charge in [-0.25, -0.2) is 0 Å². The molecule has 35 heavy (non-hydrogen) atoms. The lowest BCUT2D eigenvalue weighted by atomic mass is 9.69. The zero-order chi connectivity index (χ0) is 25.4. The van der Waals surface area contributed by atoms with Crippen molar-refractivity contribution in [3.8, 4) is 23.3 Å². The first-order valence-electron chi connectivity index (χ1n) is 12.7. The van der Waals surface area contributed by atoms with Crippen LogP contribution in [0.3, 0.4) is 0 Å². The first kappa shape index (κ1) is 26.8. The van der Waals surface area contributed by atoms with E-state index in [-0.39, 0.29) is 12.0 Å². The summed E-state index contributed by atoms with van der Waals surface area (Å²) in [5, 5.41) is 10.4. The monoisotopic (exact) mass is 480 g/mol. The molecule has 190 valence electrons. The molecule has 0 saturated heterocycles. The number of benzene rings is 2. The van der Waals surface area contributed by atoms with Crippen LogP contribution in [-0.2, 0) is 16.8 Å². The fourth-order valence-corrected chi connectivity index (χ4v) is 4.77. The summed E-state index contributed by atoms with van der Waals surface area (Å²) in [5.41, 5.74) is 2.68. The molecule has 0 saturated carbocycles. The number of hydrogen-bond donors (Lipinski definition) is 0. The summed E-state index contributed by atoms with van der Waals surface area (Å²) in [6.07, 6.45) is 1.65. The molecule has 0 spiro atoms. The lowest BCUT2D eigenvalue weighted by Gasteiger charge is -2.33. The quantitative estimate of drug-likeness (QED) is 0.358. The number of hydrogen-bond acceptors (Lipinski definition) is 6. The van der Waals surface area contributed by atoms with E-state index in [1.807, 2.05) is 38.1 Å². The Morgan fingerprint density at radius 2 is 1.74 bits per heavy atom. The molecule has 0 radical (unpaired) electrons. The second kappa shape index (κ2) is 12.3. The van der Waals surface area contributed by atoms with Crippen molar-refractivity contribution in [1.29, 1.82) is 5.26 Å². The minimum absolute atomic E-state index is 0.141. The molecule has 1 aliphatic rings. The van der Waals surface area contributed by atoms with Crippen molar-refractivity contribution in [1.82, 2.24) is 4.90 Å². The Balaban J connectivity index is 1.74. The van der Waals surface area contributed by atoms with E-state index in [0.717, 1.165) is 47.8 Å². The Hall–Kier alpha value is -2.75. The van der Waals surface area contributed by atoms with Crippen LogP contribution < -0.4 is 14.2 Å². The highest BCUT2D eigenvalue weighted by Crippen LogP contribution is 2.40. The van der Waals surface area contributed by atoms with Crippen molar-refractivity contribution in [3.05, 3.63) is 53.1 Å². The fourth-order valence-electron chi connectivity index (χ4n) is 4.77. The highest BCUT2D eigenvalue weighted by Gasteiger charge is 2.36. The molecule has 0 N–H and O–H groups in total. The largest absolute Gasteiger partial charge is 0.494 e. The van der Waals surface area contributed by atoms with E-state index in [0.29, 0.717) is 26.6 Å². The lowest BCUT2D eigenvalue weighted by Crippen LogP contribution is -2.33. The smallest absolute Gasteiger partial charge is 0.189 e. The van der Waals surface area contributed by atoms with Gasteiger partial charge >= 0.3 is 0 Å². The van der Waals surface area contributed by atoms with Gasteiger partial charge in [-0.15, -0.1) is 0 Å². The summed E-state index contributed by atoms with van der Waals surface area (Å²) in [7, 11) is 2.14. The molecule has 0 amide bonds. The van der Waals surface area contributed by atoms with E-state index < -0.39 is 5.41 Å². The molecule has 6 nitrogen and oxygen atoms in total. The van der Waals surface area contributed by atoms with E-state index in [2.05, 4.69) is 50.9 Å². The molecule has 0 fully saturated rings. The number of ether oxygens (including phenoxy) is 4. The van der Waals surface area contributed by atoms with E-state index in [1.54, 1.807) is 0 Å². The van der Waals surface area contributed by atoms with E-state index >= 15 is 0 Å². The third-order valence-corrected chi connectivity index (χ3v) is 7.07. The summed E-state index contributed by atoms with van der Waals surface area (Å²) < 4.78 is 22.6. The number of rotatable bonds is 12. The second-order valence-corrected chi connectivity index (χ2v) is 9.53. The highest BCUT2D eigenvalue weighted by molar-refractivity contribution is 5.45. The molecule has 6 heteroatoms. The van der Waals surface area contributed by atoms with Gasteiger partial charge < -0.3 is 18.9 Å². The molecule has 2 unspecified atom stereocenters. The summed E-state index contributed by atoms with van der Waals surface area (Å²) in [4.78, 5) is 2.34. The highest BCUT2D eigenvalue weighted by atomic mass is 16.7.